The lowest BCUT2D eigenvalue weighted by atomic mass is 10.2. The Balaban J connectivity index is 2.40. The van der Waals surface area contributed by atoms with Gasteiger partial charge in [-0.05, 0) is 25.3 Å². The van der Waals surface area contributed by atoms with Crippen molar-refractivity contribution < 1.29 is 9.84 Å². The largest absolute Gasteiger partial charge is 0.389 e. The first-order valence-electron chi connectivity index (χ1n) is 6.09. The molecule has 4 heteroatoms. The topological polar surface area (TPSA) is 32.7 Å². The van der Waals surface area contributed by atoms with Crippen LogP contribution in [-0.4, -0.2) is 41.9 Å². The third-order valence-corrected chi connectivity index (χ3v) is 3.47. The van der Waals surface area contributed by atoms with Crippen molar-refractivity contribution in [2.75, 3.05) is 19.8 Å². The van der Waals surface area contributed by atoms with Crippen molar-refractivity contribution in [2.24, 2.45) is 0 Å². The first-order valence-corrected chi connectivity index (χ1v) is 6.97. The summed E-state index contributed by atoms with van der Waals surface area (Å²) in [5.74, 6) is 2.39. The van der Waals surface area contributed by atoms with Crippen LogP contribution in [0.4, 0.5) is 0 Å². The Kier molecular flexibility index (Phi) is 6.99. The molecule has 0 aromatic carbocycles. The number of aliphatic hydroxyl groups excluding tert-OH is 1. The molecule has 0 saturated carbocycles. The van der Waals surface area contributed by atoms with Crippen molar-refractivity contribution >= 4 is 11.3 Å². The van der Waals surface area contributed by atoms with Crippen LogP contribution in [0.5, 0.6) is 0 Å². The number of aliphatic hydroxyl groups is 1. The van der Waals surface area contributed by atoms with Crippen molar-refractivity contribution in [1.82, 2.24) is 4.90 Å². The molecule has 1 aromatic heterocycles. The first kappa shape index (κ1) is 15.2. The van der Waals surface area contributed by atoms with E-state index in [2.05, 4.69) is 36.1 Å². The van der Waals surface area contributed by atoms with Crippen LogP contribution in [0.1, 0.15) is 18.7 Å². The van der Waals surface area contributed by atoms with Crippen molar-refractivity contribution in [3.05, 3.63) is 22.4 Å². The van der Waals surface area contributed by atoms with Gasteiger partial charge in [0.15, 0.2) is 0 Å². The van der Waals surface area contributed by atoms with Crippen LogP contribution in [0, 0.1) is 12.3 Å². The first-order chi connectivity index (χ1) is 8.63. The van der Waals surface area contributed by atoms with Gasteiger partial charge in [0.25, 0.3) is 0 Å². The zero-order valence-electron chi connectivity index (χ0n) is 11.0. The molecule has 0 bridgehead atoms. The van der Waals surface area contributed by atoms with Crippen LogP contribution in [0.15, 0.2) is 17.5 Å². The highest BCUT2D eigenvalue weighted by Crippen LogP contribution is 2.14. The van der Waals surface area contributed by atoms with E-state index in [0.29, 0.717) is 12.6 Å². The van der Waals surface area contributed by atoms with Crippen molar-refractivity contribution in [3.63, 3.8) is 0 Å². The van der Waals surface area contributed by atoms with Gasteiger partial charge in [-0.15, -0.1) is 17.8 Å². The molecule has 1 aromatic rings. The lowest BCUT2D eigenvalue weighted by Crippen LogP contribution is -2.38. The normalized spacial score (nSPS) is 12.9. The molecule has 0 fully saturated rings. The molecule has 0 aliphatic rings. The second kappa shape index (κ2) is 8.28. The van der Waals surface area contributed by atoms with Gasteiger partial charge in [0.05, 0.1) is 12.7 Å². The third-order valence-electron chi connectivity index (χ3n) is 2.61. The quantitative estimate of drug-likeness (QED) is 0.577. The molecule has 1 heterocycles. The van der Waals surface area contributed by atoms with Crippen LogP contribution in [0.3, 0.4) is 0 Å². The van der Waals surface area contributed by atoms with Crippen LogP contribution in [-0.2, 0) is 11.3 Å². The average Bonchev–Trinajstić information content (AvgIpc) is 2.81. The highest BCUT2D eigenvalue weighted by atomic mass is 32.1. The number of terminal acetylenes is 1. The fourth-order valence-electron chi connectivity index (χ4n) is 1.64. The highest BCUT2D eigenvalue weighted by molar-refractivity contribution is 7.09. The van der Waals surface area contributed by atoms with Gasteiger partial charge in [0.2, 0.25) is 0 Å². The van der Waals surface area contributed by atoms with Crippen LogP contribution in [0.25, 0.3) is 0 Å². The predicted molar refractivity (Wildman–Crippen MR) is 75.5 cm³/mol. The molecule has 0 saturated heterocycles. The summed E-state index contributed by atoms with van der Waals surface area (Å²) >= 11 is 1.74. The van der Waals surface area contributed by atoms with Crippen LogP contribution in [0.2, 0.25) is 0 Å². The van der Waals surface area contributed by atoms with Crippen molar-refractivity contribution in [2.45, 2.75) is 32.5 Å². The van der Waals surface area contributed by atoms with E-state index in [4.69, 9.17) is 11.2 Å². The van der Waals surface area contributed by atoms with Gasteiger partial charge in [-0.1, -0.05) is 12.0 Å². The van der Waals surface area contributed by atoms with Gasteiger partial charge in [-0.3, -0.25) is 4.90 Å². The maximum Gasteiger partial charge on any atom is 0.107 e. The Morgan fingerprint density at radius 3 is 2.89 bits per heavy atom. The Bertz CT molecular complexity index is 356. The molecule has 0 unspecified atom stereocenters. The fraction of sp³-hybridized carbons (Fsp3) is 0.571. The van der Waals surface area contributed by atoms with Gasteiger partial charge in [0.1, 0.15) is 6.61 Å². The molecule has 3 nitrogen and oxygen atoms in total. The van der Waals surface area contributed by atoms with Crippen LogP contribution >= 0.6 is 11.3 Å². The molecule has 100 valence electrons. The number of hydrogen-bond acceptors (Lipinski definition) is 4. The molecule has 0 spiro atoms. The summed E-state index contributed by atoms with van der Waals surface area (Å²) in [7, 11) is 0. The summed E-state index contributed by atoms with van der Waals surface area (Å²) in [5, 5.41) is 12.0. The van der Waals surface area contributed by atoms with Gasteiger partial charge >= 0.3 is 0 Å². The highest BCUT2D eigenvalue weighted by Gasteiger charge is 2.15. The van der Waals surface area contributed by atoms with E-state index >= 15 is 0 Å². The smallest absolute Gasteiger partial charge is 0.107 e. The molecule has 18 heavy (non-hydrogen) atoms. The minimum absolute atomic E-state index is 0.254. The molecule has 0 radical (unpaired) electrons. The Morgan fingerprint density at radius 1 is 1.56 bits per heavy atom. The summed E-state index contributed by atoms with van der Waals surface area (Å²) in [6.45, 7) is 6.26. The van der Waals surface area contributed by atoms with Gasteiger partial charge < -0.3 is 9.84 Å². The number of ether oxygens (including phenoxy) is 1. The zero-order chi connectivity index (χ0) is 13.4. The standard InChI is InChI=1S/C14H21NO2S/c1-4-7-17-11-13(16)9-15(12(2)3)10-14-6-5-8-18-14/h1,5-6,8,12-13,16H,7,9-11H2,2-3H3/t13-/m0/s1. The Hall–Kier alpha value is -0.860. The van der Waals surface area contributed by atoms with Gasteiger partial charge in [0, 0.05) is 24.0 Å². The summed E-state index contributed by atoms with van der Waals surface area (Å²) in [6.07, 6.45) is 4.59. The van der Waals surface area contributed by atoms with Crippen molar-refractivity contribution in [1.29, 1.82) is 0 Å². The zero-order valence-corrected chi connectivity index (χ0v) is 11.8. The lowest BCUT2D eigenvalue weighted by molar-refractivity contribution is 0.0194. The van der Waals surface area contributed by atoms with E-state index < -0.39 is 6.10 Å². The lowest BCUT2D eigenvalue weighted by Gasteiger charge is -2.28. The van der Waals surface area contributed by atoms with E-state index in [-0.39, 0.29) is 13.2 Å². The van der Waals surface area contributed by atoms with E-state index in [0.717, 1.165) is 6.54 Å². The number of thiophene rings is 1. The minimum Gasteiger partial charge on any atom is -0.389 e. The number of rotatable bonds is 8. The maximum absolute atomic E-state index is 9.89. The molecular weight excluding hydrogens is 246 g/mol. The third kappa shape index (κ3) is 5.65. The molecule has 0 amide bonds. The van der Waals surface area contributed by atoms with E-state index in [1.165, 1.54) is 4.88 Å². The number of nitrogens with zero attached hydrogens (tertiary/aromatic N) is 1. The molecule has 1 N–H and O–H groups in total. The summed E-state index contributed by atoms with van der Waals surface area (Å²) < 4.78 is 5.15. The maximum atomic E-state index is 9.89. The SMILES string of the molecule is C#CCOC[C@@H](O)CN(Cc1cccs1)C(C)C. The van der Waals surface area contributed by atoms with Gasteiger partial charge in [-0.25, -0.2) is 0 Å². The molecule has 0 aliphatic heterocycles. The summed E-state index contributed by atoms with van der Waals surface area (Å²) in [4.78, 5) is 3.54. The van der Waals surface area contributed by atoms with E-state index in [9.17, 15) is 5.11 Å². The molecule has 1 atom stereocenters. The van der Waals surface area contributed by atoms with E-state index in [1.54, 1.807) is 11.3 Å². The number of hydrogen-bond donors (Lipinski definition) is 1. The van der Waals surface area contributed by atoms with Crippen LogP contribution < -0.4 is 0 Å². The fourth-order valence-corrected chi connectivity index (χ4v) is 2.37. The molecular formula is C14H21NO2S. The Labute approximate surface area is 113 Å². The summed E-state index contributed by atoms with van der Waals surface area (Å²) in [6, 6.07) is 4.54. The monoisotopic (exact) mass is 267 g/mol. The second-order valence-electron chi connectivity index (χ2n) is 4.48. The predicted octanol–water partition coefficient (Wildman–Crippen LogP) is 1.97. The van der Waals surface area contributed by atoms with Crippen molar-refractivity contribution in [3.8, 4) is 12.3 Å². The second-order valence-corrected chi connectivity index (χ2v) is 5.51. The summed E-state index contributed by atoms with van der Waals surface area (Å²) in [5.41, 5.74) is 0. The van der Waals surface area contributed by atoms with Gasteiger partial charge in [-0.2, -0.15) is 0 Å². The molecule has 0 aliphatic carbocycles. The Morgan fingerprint density at radius 2 is 2.33 bits per heavy atom. The minimum atomic E-state index is -0.499. The van der Waals surface area contributed by atoms with E-state index in [1.807, 2.05) is 6.07 Å². The average molecular weight is 267 g/mol. The molecule has 1 rings (SSSR count).